The monoisotopic (exact) mass is 224 g/mol. The largest absolute Gasteiger partial charge is 0.311 e. The number of nitrogens with zero attached hydrogens (tertiary/aromatic N) is 3. The molecule has 92 valence electrons. The third-order valence-electron chi connectivity index (χ3n) is 2.58. The number of aromatic nitrogens is 2. The molecule has 0 fully saturated rings. The maximum absolute atomic E-state index is 4.15. The van der Waals surface area contributed by atoms with Gasteiger partial charge in [0.05, 0.1) is 5.69 Å². The van der Waals surface area contributed by atoms with Crippen LogP contribution in [0.25, 0.3) is 0 Å². The normalized spacial score (nSPS) is 12.4. The minimum absolute atomic E-state index is 0.294. The highest BCUT2D eigenvalue weighted by molar-refractivity contribution is 4.99. The molecule has 0 spiro atoms. The Kier molecular flexibility index (Phi) is 4.50. The van der Waals surface area contributed by atoms with Crippen LogP contribution in [-0.2, 0) is 13.6 Å². The van der Waals surface area contributed by atoms with Crippen LogP contribution in [0.4, 0.5) is 0 Å². The van der Waals surface area contributed by atoms with Gasteiger partial charge in [0.25, 0.3) is 0 Å². The maximum atomic E-state index is 4.15. The second-order valence-corrected chi connectivity index (χ2v) is 5.45. The summed E-state index contributed by atoms with van der Waals surface area (Å²) < 4.78 is 1.91. The SMILES string of the molecule is CN(C)CC(C)(C)CNCc1ccnn1C. The van der Waals surface area contributed by atoms with E-state index in [9.17, 15) is 0 Å². The van der Waals surface area contributed by atoms with Gasteiger partial charge in [-0.05, 0) is 25.6 Å². The molecule has 0 aromatic carbocycles. The van der Waals surface area contributed by atoms with Crippen LogP contribution in [0.3, 0.4) is 0 Å². The molecule has 0 radical (unpaired) electrons. The van der Waals surface area contributed by atoms with Gasteiger partial charge in [-0.1, -0.05) is 13.8 Å². The second-order valence-electron chi connectivity index (χ2n) is 5.45. The van der Waals surface area contributed by atoms with Crippen LogP contribution in [0.5, 0.6) is 0 Å². The fourth-order valence-electron chi connectivity index (χ4n) is 2.02. The molecule has 0 bridgehead atoms. The molecule has 0 aliphatic carbocycles. The van der Waals surface area contributed by atoms with Crippen molar-refractivity contribution in [3.8, 4) is 0 Å². The number of hydrogen-bond donors (Lipinski definition) is 1. The molecule has 1 aromatic heterocycles. The zero-order chi connectivity index (χ0) is 12.2. The predicted molar refractivity (Wildman–Crippen MR) is 67.2 cm³/mol. The fraction of sp³-hybridized carbons (Fsp3) is 0.750. The zero-order valence-corrected chi connectivity index (χ0v) is 11.1. The molecule has 1 aromatic rings. The van der Waals surface area contributed by atoms with Gasteiger partial charge in [-0.3, -0.25) is 4.68 Å². The summed E-state index contributed by atoms with van der Waals surface area (Å²) in [5.41, 5.74) is 1.52. The molecule has 4 nitrogen and oxygen atoms in total. The number of nitrogens with one attached hydrogen (secondary N) is 1. The first-order valence-corrected chi connectivity index (χ1v) is 5.73. The lowest BCUT2D eigenvalue weighted by atomic mass is 9.93. The Morgan fingerprint density at radius 3 is 2.62 bits per heavy atom. The van der Waals surface area contributed by atoms with Gasteiger partial charge in [-0.15, -0.1) is 0 Å². The quantitative estimate of drug-likeness (QED) is 0.785. The van der Waals surface area contributed by atoms with Crippen LogP contribution in [0.2, 0.25) is 0 Å². The highest BCUT2D eigenvalue weighted by atomic mass is 15.3. The van der Waals surface area contributed by atoms with Crippen LogP contribution >= 0.6 is 0 Å². The van der Waals surface area contributed by atoms with Crippen molar-refractivity contribution in [2.24, 2.45) is 12.5 Å². The molecule has 0 unspecified atom stereocenters. The molecule has 0 aliphatic rings. The predicted octanol–water partition coefficient (Wildman–Crippen LogP) is 1.10. The lowest BCUT2D eigenvalue weighted by molar-refractivity contribution is 0.231. The van der Waals surface area contributed by atoms with E-state index in [0.29, 0.717) is 5.41 Å². The van der Waals surface area contributed by atoms with Crippen LogP contribution in [0.1, 0.15) is 19.5 Å². The average Bonchev–Trinajstić information content (AvgIpc) is 2.49. The van der Waals surface area contributed by atoms with Gasteiger partial charge in [-0.2, -0.15) is 5.10 Å². The van der Waals surface area contributed by atoms with Crippen molar-refractivity contribution in [1.82, 2.24) is 20.0 Å². The van der Waals surface area contributed by atoms with E-state index in [2.05, 4.69) is 43.3 Å². The van der Waals surface area contributed by atoms with Crippen molar-refractivity contribution >= 4 is 0 Å². The Morgan fingerprint density at radius 1 is 1.44 bits per heavy atom. The smallest absolute Gasteiger partial charge is 0.0518 e. The molecule has 0 saturated carbocycles. The zero-order valence-electron chi connectivity index (χ0n) is 11.1. The van der Waals surface area contributed by atoms with E-state index in [-0.39, 0.29) is 0 Å². The fourth-order valence-corrected chi connectivity index (χ4v) is 2.02. The standard InChI is InChI=1S/C12H24N4/c1-12(2,10-15(3)4)9-13-8-11-6-7-14-16(11)5/h6-7,13H,8-10H2,1-5H3. The van der Waals surface area contributed by atoms with Crippen molar-refractivity contribution in [2.45, 2.75) is 20.4 Å². The lowest BCUT2D eigenvalue weighted by Gasteiger charge is -2.28. The molecule has 1 N–H and O–H groups in total. The molecule has 0 saturated heterocycles. The van der Waals surface area contributed by atoms with E-state index in [1.807, 2.05) is 24.0 Å². The van der Waals surface area contributed by atoms with E-state index in [4.69, 9.17) is 0 Å². The Labute approximate surface area is 98.6 Å². The maximum Gasteiger partial charge on any atom is 0.0518 e. The minimum Gasteiger partial charge on any atom is -0.311 e. The molecule has 4 heteroatoms. The van der Waals surface area contributed by atoms with E-state index < -0.39 is 0 Å². The van der Waals surface area contributed by atoms with Crippen molar-refractivity contribution in [3.63, 3.8) is 0 Å². The topological polar surface area (TPSA) is 33.1 Å². The van der Waals surface area contributed by atoms with Gasteiger partial charge < -0.3 is 10.2 Å². The van der Waals surface area contributed by atoms with Crippen LogP contribution < -0.4 is 5.32 Å². The molecular formula is C12H24N4. The summed E-state index contributed by atoms with van der Waals surface area (Å²) in [5.74, 6) is 0. The second kappa shape index (κ2) is 5.46. The summed E-state index contributed by atoms with van der Waals surface area (Å²) in [4.78, 5) is 2.23. The van der Waals surface area contributed by atoms with Gasteiger partial charge >= 0.3 is 0 Å². The number of hydrogen-bond acceptors (Lipinski definition) is 3. The first kappa shape index (κ1) is 13.2. The first-order chi connectivity index (χ1) is 7.41. The third-order valence-corrected chi connectivity index (χ3v) is 2.58. The summed E-state index contributed by atoms with van der Waals surface area (Å²) in [5, 5.41) is 7.64. The Morgan fingerprint density at radius 2 is 2.12 bits per heavy atom. The first-order valence-electron chi connectivity index (χ1n) is 5.73. The third kappa shape index (κ3) is 4.33. The van der Waals surface area contributed by atoms with Gasteiger partial charge in [0.1, 0.15) is 0 Å². The van der Waals surface area contributed by atoms with Crippen LogP contribution in [0, 0.1) is 5.41 Å². The minimum atomic E-state index is 0.294. The van der Waals surface area contributed by atoms with E-state index in [0.717, 1.165) is 19.6 Å². The highest BCUT2D eigenvalue weighted by Gasteiger charge is 2.18. The van der Waals surface area contributed by atoms with Crippen molar-refractivity contribution in [1.29, 1.82) is 0 Å². The van der Waals surface area contributed by atoms with E-state index >= 15 is 0 Å². The number of rotatable bonds is 6. The molecular weight excluding hydrogens is 200 g/mol. The van der Waals surface area contributed by atoms with Crippen LogP contribution in [-0.4, -0.2) is 41.9 Å². The molecule has 0 atom stereocenters. The van der Waals surface area contributed by atoms with Gasteiger partial charge in [0.15, 0.2) is 0 Å². The average molecular weight is 224 g/mol. The summed E-state index contributed by atoms with van der Waals surface area (Å²) in [7, 11) is 6.20. The van der Waals surface area contributed by atoms with E-state index in [1.54, 1.807) is 0 Å². The summed E-state index contributed by atoms with van der Waals surface area (Å²) >= 11 is 0. The highest BCUT2D eigenvalue weighted by Crippen LogP contribution is 2.14. The van der Waals surface area contributed by atoms with Gasteiger partial charge in [0.2, 0.25) is 0 Å². The van der Waals surface area contributed by atoms with Crippen molar-refractivity contribution in [2.75, 3.05) is 27.2 Å². The van der Waals surface area contributed by atoms with E-state index in [1.165, 1.54) is 5.69 Å². The number of aryl methyl sites for hydroxylation is 1. The lowest BCUT2D eigenvalue weighted by Crippen LogP contribution is -2.37. The Balaban J connectivity index is 2.32. The Hall–Kier alpha value is -0.870. The molecule has 1 heterocycles. The summed E-state index contributed by atoms with van der Waals surface area (Å²) in [6.45, 7) is 7.54. The van der Waals surface area contributed by atoms with Crippen molar-refractivity contribution < 1.29 is 0 Å². The molecule has 16 heavy (non-hydrogen) atoms. The van der Waals surface area contributed by atoms with Gasteiger partial charge in [0, 0.05) is 32.9 Å². The molecule has 0 amide bonds. The van der Waals surface area contributed by atoms with Crippen LogP contribution in [0.15, 0.2) is 12.3 Å². The summed E-state index contributed by atoms with van der Waals surface area (Å²) in [6, 6.07) is 2.05. The summed E-state index contributed by atoms with van der Waals surface area (Å²) in [6.07, 6.45) is 1.84. The van der Waals surface area contributed by atoms with Crippen molar-refractivity contribution in [3.05, 3.63) is 18.0 Å². The van der Waals surface area contributed by atoms with Gasteiger partial charge in [-0.25, -0.2) is 0 Å². The molecule has 1 rings (SSSR count). The molecule has 0 aliphatic heterocycles. The Bertz CT molecular complexity index is 315.